The SMILES string of the molecule is Cc1cc(NC(=O)NCCC(O)(c2nccn2C)C(F)(F)F)no1. The third kappa shape index (κ3) is 3.67. The number of carbonyl (C=O) groups excluding carboxylic acids is 1. The molecule has 0 saturated heterocycles. The Bertz CT molecular complexity index is 712. The van der Waals surface area contributed by atoms with Crippen LogP contribution >= 0.6 is 0 Å². The van der Waals surface area contributed by atoms with Gasteiger partial charge in [-0.05, 0) is 6.92 Å². The summed E-state index contributed by atoms with van der Waals surface area (Å²) in [5.41, 5.74) is -3.18. The molecule has 132 valence electrons. The molecule has 0 spiro atoms. The minimum atomic E-state index is -4.95. The second kappa shape index (κ2) is 6.51. The van der Waals surface area contributed by atoms with Gasteiger partial charge >= 0.3 is 12.2 Å². The molecule has 2 rings (SSSR count). The van der Waals surface area contributed by atoms with E-state index in [1.54, 1.807) is 6.92 Å². The molecule has 2 amide bonds. The summed E-state index contributed by atoms with van der Waals surface area (Å²) in [5, 5.41) is 18.1. The third-order valence-electron chi connectivity index (χ3n) is 3.30. The number of nitrogens with one attached hydrogen (secondary N) is 2. The van der Waals surface area contributed by atoms with Crippen LogP contribution in [-0.2, 0) is 12.6 Å². The van der Waals surface area contributed by atoms with E-state index in [0.717, 1.165) is 10.8 Å². The number of hydrogen-bond acceptors (Lipinski definition) is 5. The van der Waals surface area contributed by atoms with Crippen molar-refractivity contribution in [2.45, 2.75) is 25.1 Å². The van der Waals surface area contributed by atoms with Crippen molar-refractivity contribution < 1.29 is 27.6 Å². The van der Waals surface area contributed by atoms with Gasteiger partial charge in [0.1, 0.15) is 11.6 Å². The van der Waals surface area contributed by atoms with Gasteiger partial charge < -0.3 is 19.5 Å². The van der Waals surface area contributed by atoms with E-state index in [1.807, 2.05) is 0 Å². The number of carbonyl (C=O) groups is 1. The molecule has 11 heteroatoms. The topological polar surface area (TPSA) is 105 Å². The quantitative estimate of drug-likeness (QED) is 0.763. The minimum Gasteiger partial charge on any atom is -0.374 e. The zero-order valence-corrected chi connectivity index (χ0v) is 12.9. The van der Waals surface area contributed by atoms with Crippen LogP contribution in [0.1, 0.15) is 18.0 Å². The van der Waals surface area contributed by atoms with Crippen molar-refractivity contribution in [3.63, 3.8) is 0 Å². The Morgan fingerprint density at radius 3 is 2.67 bits per heavy atom. The molecule has 0 radical (unpaired) electrons. The highest BCUT2D eigenvalue weighted by Crippen LogP contribution is 2.40. The van der Waals surface area contributed by atoms with Crippen molar-refractivity contribution in [2.24, 2.45) is 7.05 Å². The number of hydrogen-bond donors (Lipinski definition) is 3. The Morgan fingerprint density at radius 1 is 1.46 bits per heavy atom. The number of amides is 2. The van der Waals surface area contributed by atoms with Gasteiger partial charge in [-0.1, -0.05) is 5.16 Å². The Labute approximate surface area is 134 Å². The van der Waals surface area contributed by atoms with Crippen LogP contribution in [-0.4, -0.2) is 38.6 Å². The number of aromatic nitrogens is 3. The number of anilines is 1. The number of halogens is 3. The second-order valence-corrected chi connectivity index (χ2v) is 5.17. The van der Waals surface area contributed by atoms with Crippen molar-refractivity contribution in [1.82, 2.24) is 20.0 Å². The van der Waals surface area contributed by atoms with Crippen LogP contribution in [0.25, 0.3) is 0 Å². The Kier molecular flexibility index (Phi) is 4.83. The number of rotatable bonds is 5. The van der Waals surface area contributed by atoms with Crippen molar-refractivity contribution in [1.29, 1.82) is 0 Å². The second-order valence-electron chi connectivity index (χ2n) is 5.17. The molecule has 0 fully saturated rings. The molecular formula is C13H16F3N5O3. The lowest BCUT2D eigenvalue weighted by Crippen LogP contribution is -2.47. The van der Waals surface area contributed by atoms with Gasteiger partial charge in [0.05, 0.1) is 0 Å². The molecule has 2 aromatic heterocycles. The van der Waals surface area contributed by atoms with Crippen LogP contribution in [0.5, 0.6) is 0 Å². The maximum atomic E-state index is 13.3. The van der Waals surface area contributed by atoms with Crippen molar-refractivity contribution in [3.8, 4) is 0 Å². The van der Waals surface area contributed by atoms with Gasteiger partial charge in [0.2, 0.25) is 5.60 Å². The predicted octanol–water partition coefficient (Wildman–Crippen LogP) is 1.68. The molecule has 8 nitrogen and oxygen atoms in total. The number of urea groups is 1. The lowest BCUT2D eigenvalue weighted by Gasteiger charge is -2.29. The number of aryl methyl sites for hydroxylation is 2. The maximum Gasteiger partial charge on any atom is 0.424 e. The smallest absolute Gasteiger partial charge is 0.374 e. The first kappa shape index (κ1) is 17.8. The molecule has 0 aliphatic rings. The van der Waals surface area contributed by atoms with Gasteiger partial charge in [-0.3, -0.25) is 5.32 Å². The fourth-order valence-electron chi connectivity index (χ4n) is 2.09. The first-order valence-corrected chi connectivity index (χ1v) is 6.88. The van der Waals surface area contributed by atoms with Crippen molar-refractivity contribution in [2.75, 3.05) is 11.9 Å². The van der Waals surface area contributed by atoms with Crippen LogP contribution < -0.4 is 10.6 Å². The van der Waals surface area contributed by atoms with Gasteiger partial charge in [0.25, 0.3) is 0 Å². The molecule has 2 aromatic rings. The average molecular weight is 347 g/mol. The molecule has 0 bridgehead atoms. The van der Waals surface area contributed by atoms with E-state index in [9.17, 15) is 23.1 Å². The molecular weight excluding hydrogens is 331 g/mol. The Morgan fingerprint density at radius 2 is 2.17 bits per heavy atom. The zero-order valence-electron chi connectivity index (χ0n) is 12.9. The highest BCUT2D eigenvalue weighted by atomic mass is 19.4. The summed E-state index contributed by atoms with van der Waals surface area (Å²) in [7, 11) is 1.34. The molecule has 0 aromatic carbocycles. The normalized spacial score (nSPS) is 14.2. The van der Waals surface area contributed by atoms with Gasteiger partial charge in [0.15, 0.2) is 5.82 Å². The standard InChI is InChI=1S/C13H16F3N5O3/c1-8-7-9(20-24-8)19-11(22)18-4-3-12(23,13(14,15)16)10-17-5-6-21(10)2/h5-7,23H,3-4H2,1-2H3,(H2,18,19,20,22). The van der Waals surface area contributed by atoms with Gasteiger partial charge in [-0.15, -0.1) is 0 Å². The summed E-state index contributed by atoms with van der Waals surface area (Å²) in [6.45, 7) is 1.18. The number of nitrogens with zero attached hydrogens (tertiary/aromatic N) is 3. The number of aliphatic hydroxyl groups is 1. The minimum absolute atomic E-state index is 0.125. The molecule has 0 saturated carbocycles. The fourth-order valence-corrected chi connectivity index (χ4v) is 2.09. The van der Waals surface area contributed by atoms with Crippen molar-refractivity contribution in [3.05, 3.63) is 30.0 Å². The maximum absolute atomic E-state index is 13.3. The van der Waals surface area contributed by atoms with E-state index in [-0.39, 0.29) is 5.82 Å². The molecule has 1 atom stereocenters. The monoisotopic (exact) mass is 347 g/mol. The van der Waals surface area contributed by atoms with Crippen LogP contribution in [0.2, 0.25) is 0 Å². The highest BCUT2D eigenvalue weighted by Gasteiger charge is 2.57. The first-order valence-electron chi connectivity index (χ1n) is 6.88. The van der Waals surface area contributed by atoms with Gasteiger partial charge in [-0.25, -0.2) is 9.78 Å². The summed E-state index contributed by atoms with van der Waals surface area (Å²) < 4.78 is 45.6. The van der Waals surface area contributed by atoms with Crippen LogP contribution in [0.3, 0.4) is 0 Å². The summed E-state index contributed by atoms with van der Waals surface area (Å²) in [5.74, 6) is 0.0380. The van der Waals surface area contributed by atoms with E-state index >= 15 is 0 Å². The molecule has 0 aliphatic carbocycles. The summed E-state index contributed by atoms with van der Waals surface area (Å²) >= 11 is 0. The molecule has 0 aliphatic heterocycles. The Hall–Kier alpha value is -2.56. The average Bonchev–Trinajstić information content (AvgIpc) is 3.06. The van der Waals surface area contributed by atoms with E-state index < -0.39 is 36.6 Å². The molecule has 3 N–H and O–H groups in total. The summed E-state index contributed by atoms with van der Waals surface area (Å²) in [4.78, 5) is 15.2. The van der Waals surface area contributed by atoms with Gasteiger partial charge in [-0.2, -0.15) is 13.2 Å². The first-order chi connectivity index (χ1) is 11.1. The van der Waals surface area contributed by atoms with Crippen molar-refractivity contribution >= 4 is 11.8 Å². The highest BCUT2D eigenvalue weighted by molar-refractivity contribution is 5.88. The van der Waals surface area contributed by atoms with E-state index in [4.69, 9.17) is 4.52 Å². The number of imidazole rings is 1. The summed E-state index contributed by atoms with van der Waals surface area (Å²) in [6.07, 6.45) is -3.31. The fraction of sp³-hybridized carbons (Fsp3) is 0.462. The zero-order chi connectivity index (χ0) is 18.0. The lowest BCUT2D eigenvalue weighted by atomic mass is 9.97. The predicted molar refractivity (Wildman–Crippen MR) is 76.0 cm³/mol. The van der Waals surface area contributed by atoms with Crippen LogP contribution in [0.15, 0.2) is 23.0 Å². The Balaban J connectivity index is 1.99. The van der Waals surface area contributed by atoms with Crippen LogP contribution in [0, 0.1) is 6.92 Å². The van der Waals surface area contributed by atoms with Gasteiger partial charge in [0, 0.05) is 38.5 Å². The van der Waals surface area contributed by atoms with E-state index in [1.165, 1.54) is 19.3 Å². The largest absolute Gasteiger partial charge is 0.424 e. The third-order valence-corrected chi connectivity index (χ3v) is 3.30. The lowest BCUT2D eigenvalue weighted by molar-refractivity contribution is -0.272. The molecule has 2 heterocycles. The number of alkyl halides is 3. The molecule has 24 heavy (non-hydrogen) atoms. The van der Waals surface area contributed by atoms with E-state index in [2.05, 4.69) is 20.8 Å². The molecule has 1 unspecified atom stereocenters. The van der Waals surface area contributed by atoms with Crippen LogP contribution in [0.4, 0.5) is 23.8 Å². The summed E-state index contributed by atoms with van der Waals surface area (Å²) in [6, 6.07) is 0.673. The van der Waals surface area contributed by atoms with E-state index in [0.29, 0.717) is 5.76 Å².